The molecule has 0 radical (unpaired) electrons. The highest BCUT2D eigenvalue weighted by Gasteiger charge is 2.27. The van der Waals surface area contributed by atoms with E-state index >= 15 is 0 Å². The summed E-state index contributed by atoms with van der Waals surface area (Å²) in [7, 11) is 0. The zero-order valence-electron chi connectivity index (χ0n) is 15.2. The first kappa shape index (κ1) is 18.9. The Bertz CT molecular complexity index is 978. The molecule has 0 N–H and O–H groups in total. The van der Waals surface area contributed by atoms with Crippen molar-refractivity contribution in [3.05, 3.63) is 70.9 Å². The molecule has 0 aliphatic carbocycles. The molecule has 0 atom stereocenters. The lowest BCUT2D eigenvalue weighted by Crippen LogP contribution is -2.11. The second-order valence-electron chi connectivity index (χ2n) is 5.69. The Labute approximate surface area is 163 Å². The molecule has 0 unspecified atom stereocenters. The third-order valence-electron chi connectivity index (χ3n) is 3.97. The van der Waals surface area contributed by atoms with Crippen molar-refractivity contribution in [3.8, 4) is 28.2 Å². The van der Waals surface area contributed by atoms with Gasteiger partial charge in [0.15, 0.2) is 0 Å². The number of rotatable bonds is 6. The lowest BCUT2D eigenvalue weighted by molar-refractivity contribution is 0.0516. The Morgan fingerprint density at radius 3 is 1.96 bits per heavy atom. The minimum atomic E-state index is -0.504. The fourth-order valence-electron chi connectivity index (χ4n) is 2.90. The number of hydrogen-bond donors (Lipinski definition) is 0. The van der Waals surface area contributed by atoms with E-state index < -0.39 is 5.97 Å². The van der Waals surface area contributed by atoms with Gasteiger partial charge >= 0.3 is 11.9 Å². The van der Waals surface area contributed by atoms with Gasteiger partial charge in [-0.3, -0.25) is 0 Å². The molecule has 0 aliphatic heterocycles. The largest absolute Gasteiger partial charge is 0.465 e. The number of carbonyl (C=O) groups excluding carboxylic acids is 1. The quantitative estimate of drug-likeness (QED) is 0.392. The first-order valence-electron chi connectivity index (χ1n) is 8.79. The van der Waals surface area contributed by atoms with Crippen LogP contribution in [0.4, 0.5) is 0 Å². The van der Waals surface area contributed by atoms with E-state index in [-0.39, 0.29) is 22.8 Å². The van der Waals surface area contributed by atoms with Crippen molar-refractivity contribution in [3.63, 3.8) is 0 Å². The van der Waals surface area contributed by atoms with Gasteiger partial charge in [0.05, 0.1) is 13.2 Å². The number of ether oxygens (including phenoxy) is 2. The van der Waals surface area contributed by atoms with Crippen LogP contribution in [-0.4, -0.2) is 19.2 Å². The summed E-state index contributed by atoms with van der Waals surface area (Å²) < 4.78 is 16.9. The van der Waals surface area contributed by atoms with Crippen LogP contribution in [-0.2, 0) is 4.74 Å². The van der Waals surface area contributed by atoms with Gasteiger partial charge in [-0.25, -0.2) is 4.79 Å². The number of carbonyl (C=O) groups is 1. The van der Waals surface area contributed by atoms with Crippen LogP contribution >= 0.6 is 12.2 Å². The second-order valence-corrected chi connectivity index (χ2v) is 6.06. The molecule has 0 spiro atoms. The van der Waals surface area contributed by atoms with E-state index in [1.54, 1.807) is 6.92 Å². The summed E-state index contributed by atoms with van der Waals surface area (Å²) in [6.45, 7) is 4.16. The second kappa shape index (κ2) is 8.64. The highest BCUT2D eigenvalue weighted by molar-refractivity contribution is 7.71. The van der Waals surface area contributed by atoms with Crippen LogP contribution in [0.1, 0.15) is 24.2 Å². The van der Waals surface area contributed by atoms with Gasteiger partial charge in [0.2, 0.25) is 4.71 Å². The van der Waals surface area contributed by atoms with Crippen molar-refractivity contribution >= 4 is 18.2 Å². The van der Waals surface area contributed by atoms with Crippen molar-refractivity contribution in [2.24, 2.45) is 0 Å². The third-order valence-corrected chi connectivity index (χ3v) is 4.26. The van der Waals surface area contributed by atoms with Gasteiger partial charge < -0.3 is 13.9 Å². The molecular formula is C22H20O4S. The van der Waals surface area contributed by atoms with Gasteiger partial charge in [0.25, 0.3) is 0 Å². The topological polar surface area (TPSA) is 48.7 Å². The molecule has 5 heteroatoms. The summed E-state index contributed by atoms with van der Waals surface area (Å²) >= 11 is 5.54. The van der Waals surface area contributed by atoms with Crippen LogP contribution in [0, 0.1) is 4.71 Å². The molecule has 3 aromatic rings. The van der Waals surface area contributed by atoms with Crippen LogP contribution in [0.5, 0.6) is 5.95 Å². The average molecular weight is 380 g/mol. The summed E-state index contributed by atoms with van der Waals surface area (Å²) in [5, 5.41) is 0. The van der Waals surface area contributed by atoms with Crippen LogP contribution in [0.15, 0.2) is 65.1 Å². The number of esters is 1. The van der Waals surface area contributed by atoms with E-state index in [4.69, 9.17) is 26.1 Å². The smallest absolute Gasteiger partial charge is 0.346 e. The fraction of sp³-hybridized carbons (Fsp3) is 0.182. The normalized spacial score (nSPS) is 10.4. The van der Waals surface area contributed by atoms with E-state index in [2.05, 4.69) is 0 Å². The third kappa shape index (κ3) is 3.93. The summed E-state index contributed by atoms with van der Waals surface area (Å²) in [6.07, 6.45) is 0. The van der Waals surface area contributed by atoms with E-state index in [9.17, 15) is 4.79 Å². The molecular weight excluding hydrogens is 360 g/mol. The van der Waals surface area contributed by atoms with Crippen LogP contribution in [0.2, 0.25) is 0 Å². The van der Waals surface area contributed by atoms with Crippen LogP contribution in [0.3, 0.4) is 0 Å². The van der Waals surface area contributed by atoms with Gasteiger partial charge in [-0.15, -0.1) is 0 Å². The van der Waals surface area contributed by atoms with E-state index in [1.807, 2.05) is 67.6 Å². The molecule has 138 valence electrons. The van der Waals surface area contributed by atoms with Gasteiger partial charge in [-0.1, -0.05) is 60.7 Å². The number of benzene rings is 2. The Morgan fingerprint density at radius 2 is 1.44 bits per heavy atom. The van der Waals surface area contributed by atoms with E-state index in [1.165, 1.54) is 0 Å². The fourth-order valence-corrected chi connectivity index (χ4v) is 3.19. The molecule has 0 saturated carbocycles. The SMILES string of the molecule is CCOC(=O)c1c(OCC)oc(=S)c(-c2ccccc2)c1-c1ccccc1. The van der Waals surface area contributed by atoms with E-state index in [0.29, 0.717) is 17.7 Å². The lowest BCUT2D eigenvalue weighted by atomic mass is 9.93. The summed E-state index contributed by atoms with van der Waals surface area (Å²) in [6, 6.07) is 19.2. The van der Waals surface area contributed by atoms with Crippen molar-refractivity contribution in [2.45, 2.75) is 13.8 Å². The van der Waals surface area contributed by atoms with E-state index in [0.717, 1.165) is 11.1 Å². The highest BCUT2D eigenvalue weighted by Crippen LogP contribution is 2.41. The minimum absolute atomic E-state index is 0.0829. The summed E-state index contributed by atoms with van der Waals surface area (Å²) in [4.78, 5) is 12.8. The summed E-state index contributed by atoms with van der Waals surface area (Å²) in [5.74, 6) is -0.421. The highest BCUT2D eigenvalue weighted by atomic mass is 32.1. The molecule has 27 heavy (non-hydrogen) atoms. The van der Waals surface area contributed by atoms with Crippen LogP contribution in [0.25, 0.3) is 22.3 Å². The Kier molecular flexibility index (Phi) is 6.04. The van der Waals surface area contributed by atoms with Gasteiger partial charge in [0.1, 0.15) is 5.56 Å². The molecule has 3 rings (SSSR count). The van der Waals surface area contributed by atoms with Gasteiger partial charge in [-0.05, 0) is 37.2 Å². The molecule has 4 nitrogen and oxygen atoms in total. The maximum absolute atomic E-state index is 12.8. The first-order valence-corrected chi connectivity index (χ1v) is 9.20. The molecule has 1 heterocycles. The molecule has 0 amide bonds. The van der Waals surface area contributed by atoms with Crippen molar-refractivity contribution < 1.29 is 18.7 Å². The molecule has 1 aromatic heterocycles. The first-order chi connectivity index (χ1) is 13.2. The minimum Gasteiger partial charge on any atom is -0.465 e. The predicted molar refractivity (Wildman–Crippen MR) is 108 cm³/mol. The van der Waals surface area contributed by atoms with Crippen LogP contribution < -0.4 is 4.74 Å². The van der Waals surface area contributed by atoms with Gasteiger partial charge in [-0.2, -0.15) is 0 Å². The van der Waals surface area contributed by atoms with Crippen molar-refractivity contribution in [2.75, 3.05) is 13.2 Å². The molecule has 0 fully saturated rings. The summed E-state index contributed by atoms with van der Waals surface area (Å²) in [5.41, 5.74) is 3.27. The predicted octanol–water partition coefficient (Wildman–Crippen LogP) is 5.92. The van der Waals surface area contributed by atoms with Crippen molar-refractivity contribution in [1.82, 2.24) is 0 Å². The lowest BCUT2D eigenvalue weighted by Gasteiger charge is -2.17. The zero-order chi connectivity index (χ0) is 19.2. The maximum Gasteiger partial charge on any atom is 0.346 e. The Morgan fingerprint density at radius 1 is 0.889 bits per heavy atom. The standard InChI is InChI=1S/C22H20O4S/c1-3-24-20(23)19-17(15-11-7-5-8-12-15)18(16-13-9-6-10-14-16)22(27)26-21(19)25-4-2/h5-14H,3-4H2,1-2H3. The zero-order valence-corrected chi connectivity index (χ0v) is 16.0. The molecule has 0 bridgehead atoms. The molecule has 0 saturated heterocycles. The van der Waals surface area contributed by atoms with Gasteiger partial charge in [0, 0.05) is 11.1 Å². The molecule has 2 aromatic carbocycles. The van der Waals surface area contributed by atoms with Crippen molar-refractivity contribution in [1.29, 1.82) is 0 Å². The maximum atomic E-state index is 12.8. The Balaban J connectivity index is 2.42. The average Bonchev–Trinajstić information content (AvgIpc) is 2.69. The Hall–Kier alpha value is -2.92. The molecule has 0 aliphatic rings. The monoisotopic (exact) mass is 380 g/mol. The number of hydrogen-bond acceptors (Lipinski definition) is 5.